The Labute approximate surface area is 261 Å². The quantitative estimate of drug-likeness (QED) is 0.187. The highest BCUT2D eigenvalue weighted by Gasteiger charge is 2.28. The number of para-hydroxylation sites is 2. The molecular weight excluding hydrogens is 576 g/mol. The van der Waals surface area contributed by atoms with Gasteiger partial charge in [0.15, 0.2) is 5.69 Å². The van der Waals surface area contributed by atoms with Gasteiger partial charge in [0.1, 0.15) is 11.2 Å². The molecule has 46 heavy (non-hydrogen) atoms. The zero-order valence-corrected chi connectivity index (χ0v) is 24.1. The van der Waals surface area contributed by atoms with Crippen molar-refractivity contribution in [3.8, 4) is 62.2 Å². The van der Waals surface area contributed by atoms with E-state index in [4.69, 9.17) is 18.4 Å². The van der Waals surface area contributed by atoms with Gasteiger partial charge in [0, 0.05) is 21.9 Å². The van der Waals surface area contributed by atoms with E-state index < -0.39 is 0 Å². The third-order valence-corrected chi connectivity index (χ3v) is 8.11. The van der Waals surface area contributed by atoms with Crippen molar-refractivity contribution in [3.05, 3.63) is 134 Å². The molecule has 0 atom stereocenters. The van der Waals surface area contributed by atoms with Gasteiger partial charge < -0.3 is 13.3 Å². The Morgan fingerprint density at radius 3 is 1.91 bits per heavy atom. The van der Waals surface area contributed by atoms with Gasteiger partial charge in [-0.25, -0.2) is 4.68 Å². The van der Waals surface area contributed by atoms with Gasteiger partial charge >= 0.3 is 0 Å². The van der Waals surface area contributed by atoms with E-state index in [1.807, 2.05) is 65.3 Å². The fraction of sp³-hybridized carbons (Fsp3) is 0. The van der Waals surface area contributed by atoms with Gasteiger partial charge in [0.2, 0.25) is 12.8 Å². The van der Waals surface area contributed by atoms with Crippen molar-refractivity contribution in [1.29, 1.82) is 0 Å². The summed E-state index contributed by atoms with van der Waals surface area (Å²) in [4.78, 5) is 0. The summed E-state index contributed by atoms with van der Waals surface area (Å²) in [6, 6.07) is 41.1. The second-order valence-electron chi connectivity index (χ2n) is 10.7. The Morgan fingerprint density at radius 2 is 1.17 bits per heavy atom. The van der Waals surface area contributed by atoms with Gasteiger partial charge in [-0.05, 0) is 34.9 Å². The molecule has 5 aromatic carbocycles. The summed E-state index contributed by atoms with van der Waals surface area (Å²) in [6.45, 7) is 0. The molecule has 0 bridgehead atoms. The summed E-state index contributed by atoms with van der Waals surface area (Å²) in [6.07, 6.45) is 2.56. The maximum atomic E-state index is 6.27. The van der Waals surface area contributed by atoms with Crippen molar-refractivity contribution < 1.29 is 13.3 Å². The number of rotatable bonds is 6. The minimum Gasteiger partial charge on any atom is -0.455 e. The Bertz CT molecular complexity index is 2440. The molecule has 0 fully saturated rings. The van der Waals surface area contributed by atoms with Gasteiger partial charge in [-0.1, -0.05) is 103 Å². The lowest BCUT2D eigenvalue weighted by Gasteiger charge is -2.10. The van der Waals surface area contributed by atoms with Crippen LogP contribution in [0.25, 0.3) is 84.2 Å². The summed E-state index contributed by atoms with van der Waals surface area (Å²) in [7, 11) is 0. The van der Waals surface area contributed by atoms with E-state index in [1.54, 1.807) is 0 Å². The lowest BCUT2D eigenvalue weighted by atomic mass is 9.98. The summed E-state index contributed by atoms with van der Waals surface area (Å²) in [5, 5.41) is 23.3. The zero-order chi connectivity index (χ0) is 30.5. The van der Waals surface area contributed by atoms with Crippen LogP contribution in [0.5, 0.6) is 0 Å². The second kappa shape index (κ2) is 10.5. The zero-order valence-electron chi connectivity index (χ0n) is 24.1. The van der Waals surface area contributed by atoms with Crippen LogP contribution in [0.4, 0.5) is 0 Å². The molecule has 0 radical (unpaired) electrons. The number of fused-ring (bicyclic) bond motifs is 3. The normalized spacial score (nSPS) is 11.5. The van der Waals surface area contributed by atoms with Gasteiger partial charge in [-0.15, -0.1) is 20.4 Å². The van der Waals surface area contributed by atoms with Crippen LogP contribution in [-0.4, -0.2) is 30.2 Å². The van der Waals surface area contributed by atoms with Crippen molar-refractivity contribution in [3.63, 3.8) is 0 Å². The smallest absolute Gasteiger partial charge is 0.268 e. The number of hydrogen-bond acceptors (Lipinski definition) is 8. The third-order valence-electron chi connectivity index (χ3n) is 8.11. The van der Waals surface area contributed by atoms with E-state index in [0.29, 0.717) is 17.1 Å². The van der Waals surface area contributed by atoms with Crippen LogP contribution in [0, 0.1) is 0 Å². The summed E-state index contributed by atoms with van der Waals surface area (Å²) < 4.78 is 19.3. The van der Waals surface area contributed by atoms with Crippen LogP contribution in [0.1, 0.15) is 0 Å². The molecule has 9 nitrogen and oxygen atoms in total. The fourth-order valence-corrected chi connectivity index (χ4v) is 5.99. The number of benzene rings is 5. The third kappa shape index (κ3) is 4.21. The van der Waals surface area contributed by atoms with Gasteiger partial charge in [-0.3, -0.25) is 0 Å². The maximum Gasteiger partial charge on any atom is 0.268 e. The van der Waals surface area contributed by atoms with E-state index in [9.17, 15) is 0 Å². The minimum absolute atomic E-state index is 0.249. The predicted molar refractivity (Wildman–Crippen MR) is 174 cm³/mol. The highest BCUT2D eigenvalue weighted by atomic mass is 16.4. The van der Waals surface area contributed by atoms with Crippen molar-refractivity contribution in [2.24, 2.45) is 0 Å². The molecule has 0 unspecified atom stereocenters. The van der Waals surface area contributed by atoms with Gasteiger partial charge in [-0.2, -0.15) is 5.10 Å². The molecule has 9 heteroatoms. The molecule has 0 aliphatic carbocycles. The molecular formula is C37H22N6O3. The highest BCUT2D eigenvalue weighted by Crippen LogP contribution is 2.40. The number of furan rings is 1. The molecule has 0 saturated carbocycles. The first-order chi connectivity index (χ1) is 22.8. The Balaban J connectivity index is 1.11. The summed E-state index contributed by atoms with van der Waals surface area (Å²) >= 11 is 0. The molecule has 4 aromatic heterocycles. The molecule has 0 aliphatic heterocycles. The lowest BCUT2D eigenvalue weighted by Crippen LogP contribution is -1.99. The molecule has 0 aliphatic rings. The van der Waals surface area contributed by atoms with Crippen LogP contribution in [0.2, 0.25) is 0 Å². The van der Waals surface area contributed by atoms with E-state index in [1.165, 1.54) is 12.8 Å². The first-order valence-electron chi connectivity index (χ1n) is 14.6. The van der Waals surface area contributed by atoms with Crippen LogP contribution >= 0.6 is 0 Å². The fourth-order valence-electron chi connectivity index (χ4n) is 5.99. The van der Waals surface area contributed by atoms with E-state index in [0.717, 1.165) is 61.1 Å². The lowest BCUT2D eigenvalue weighted by molar-refractivity contribution is 0.560. The highest BCUT2D eigenvalue weighted by molar-refractivity contribution is 6.09. The SMILES string of the molecule is c1ccc(-c2c(-c3nnco3)c(-c3nnco3)nn2-c2ccc(-c3ccc(-c4cccc5c4oc4ccccc45)cc3)cc2)cc1. The molecule has 9 aromatic rings. The van der Waals surface area contributed by atoms with Gasteiger partial charge in [0.25, 0.3) is 11.8 Å². The maximum absolute atomic E-state index is 6.27. The topological polar surface area (TPSA) is 109 Å². The first-order valence-corrected chi connectivity index (χ1v) is 14.6. The van der Waals surface area contributed by atoms with Gasteiger partial charge in [0.05, 0.1) is 16.9 Å². The predicted octanol–water partition coefficient (Wildman–Crippen LogP) is 8.87. The molecule has 0 amide bonds. The molecule has 0 saturated heterocycles. The van der Waals surface area contributed by atoms with E-state index >= 15 is 0 Å². The average molecular weight is 599 g/mol. The number of aromatic nitrogens is 6. The van der Waals surface area contributed by atoms with Crippen molar-refractivity contribution in [2.75, 3.05) is 0 Å². The molecule has 4 heterocycles. The largest absolute Gasteiger partial charge is 0.455 e. The van der Waals surface area contributed by atoms with E-state index in [2.05, 4.69) is 81.1 Å². The molecule has 0 N–H and O–H groups in total. The summed E-state index contributed by atoms with van der Waals surface area (Å²) in [5.74, 6) is 0.549. The van der Waals surface area contributed by atoms with Crippen molar-refractivity contribution >= 4 is 21.9 Å². The Kier molecular flexibility index (Phi) is 5.92. The number of hydrogen-bond donors (Lipinski definition) is 0. The summed E-state index contributed by atoms with van der Waals surface area (Å²) in [5.41, 5.74) is 9.66. The van der Waals surface area contributed by atoms with Crippen molar-refractivity contribution in [1.82, 2.24) is 30.2 Å². The second-order valence-corrected chi connectivity index (χ2v) is 10.7. The first kappa shape index (κ1) is 25.8. The minimum atomic E-state index is 0.249. The number of nitrogens with zero attached hydrogens (tertiary/aromatic N) is 6. The molecule has 0 spiro atoms. The Morgan fingerprint density at radius 1 is 0.522 bits per heavy atom. The van der Waals surface area contributed by atoms with Crippen LogP contribution in [0.3, 0.4) is 0 Å². The monoisotopic (exact) mass is 598 g/mol. The van der Waals surface area contributed by atoms with E-state index in [-0.39, 0.29) is 5.89 Å². The Hall–Kier alpha value is -6.61. The average Bonchev–Trinajstić information content (AvgIpc) is 3.94. The van der Waals surface area contributed by atoms with Crippen LogP contribution in [0.15, 0.2) is 147 Å². The molecule has 9 rings (SSSR count). The molecule has 218 valence electrons. The van der Waals surface area contributed by atoms with Crippen LogP contribution < -0.4 is 0 Å². The van der Waals surface area contributed by atoms with Crippen molar-refractivity contribution in [2.45, 2.75) is 0 Å². The standard InChI is InChI=1S/C37H22N6O3/c1-2-7-26(8-3-1)34-32(36-40-38-21-44-36)33(37-41-39-22-45-37)42-43(34)27-19-17-24(18-20-27)23-13-15-25(16-14-23)28-10-6-11-30-29-9-4-5-12-31(29)46-35(28)30/h1-22H. The van der Waals surface area contributed by atoms with Crippen LogP contribution in [-0.2, 0) is 0 Å².